The first-order valence-corrected chi connectivity index (χ1v) is 6.80. The molecule has 22 heavy (non-hydrogen) atoms. The van der Waals surface area contributed by atoms with Gasteiger partial charge in [0, 0.05) is 36.0 Å². The molecule has 0 atom stereocenters. The molecule has 0 amide bonds. The van der Waals surface area contributed by atoms with Crippen LogP contribution in [0.15, 0.2) is 24.3 Å². The first kappa shape index (κ1) is 32.9. The molecule has 0 spiro atoms. The molecule has 0 radical (unpaired) electrons. The maximum absolute atomic E-state index is 10.7. The van der Waals surface area contributed by atoms with Crippen LogP contribution in [0.1, 0.15) is 19.3 Å². The van der Waals surface area contributed by atoms with Gasteiger partial charge >= 0.3 is 66.9 Å². The van der Waals surface area contributed by atoms with Crippen molar-refractivity contribution in [3.05, 3.63) is 50.7 Å². The van der Waals surface area contributed by atoms with E-state index in [1.54, 1.807) is 0 Å². The van der Waals surface area contributed by atoms with E-state index in [1.807, 2.05) is 0 Å². The topological polar surface area (TPSA) is 59.7 Å². The van der Waals surface area contributed by atoms with Crippen molar-refractivity contribution in [3.63, 3.8) is 0 Å². The van der Waals surface area contributed by atoms with Gasteiger partial charge in [-0.25, -0.2) is 0 Å². The third-order valence-electron chi connectivity index (χ3n) is 1.24. The van der Waals surface area contributed by atoms with Gasteiger partial charge in [-0.15, -0.1) is 0 Å². The van der Waals surface area contributed by atoms with Crippen LogP contribution >= 0.6 is 7.81 Å². The SMILES string of the molecule is C1=C\[CH+]CCC\C=C/1.F[P-](F)(F)(F)(F)F.[C-]#[O+].[C-]#[O+].[C-]#[O+].[Fe]. The molecule has 128 valence electrons. The zero-order chi connectivity index (χ0) is 18.1. The van der Waals surface area contributed by atoms with Gasteiger partial charge in [0.1, 0.15) is 0 Å². The summed E-state index contributed by atoms with van der Waals surface area (Å²) in [6, 6.07) is 0. The quantitative estimate of drug-likeness (QED) is 0.166. The standard InChI is InChI=1S/C8H11.3CO.F6P.Fe/c1-2-4-6-8-7-5-3-1;3*1-2;1-7(2,3,4,5)6;/h1-5H,6-8H2;;;;;/q+1;;;;-1;/b2-1-,5-3-;;;;;. The second kappa shape index (κ2) is 15.0. The molecule has 0 unspecified atom stereocenters. The second-order valence-electron chi connectivity index (χ2n) is 2.94. The van der Waals surface area contributed by atoms with Gasteiger partial charge in [-0.05, 0) is 12.8 Å². The first-order chi connectivity index (χ1) is 9.45. The summed E-state index contributed by atoms with van der Waals surface area (Å²) in [5, 5.41) is 0. The maximum atomic E-state index is 9.87. The Hall–Kier alpha value is -0.901. The molecule has 0 aromatic carbocycles. The summed E-state index contributed by atoms with van der Waals surface area (Å²) < 4.78 is 81.7. The Bertz CT molecular complexity index is 329. The predicted octanol–water partition coefficient (Wildman–Crippen LogP) is 5.75. The average molecular weight is 392 g/mol. The summed E-state index contributed by atoms with van der Waals surface area (Å²) in [6.07, 6.45) is 14.5. The summed E-state index contributed by atoms with van der Waals surface area (Å²) in [4.78, 5) is 0. The molecule has 0 fully saturated rings. The monoisotopic (exact) mass is 392 g/mol. The van der Waals surface area contributed by atoms with Crippen molar-refractivity contribution in [1.29, 1.82) is 0 Å². The van der Waals surface area contributed by atoms with Crippen LogP contribution in [0, 0.1) is 26.4 Å². The normalized spacial score (nSPS) is 17.5. The summed E-state index contributed by atoms with van der Waals surface area (Å²) in [5.41, 5.74) is 0. The molecule has 0 aromatic heterocycles. The van der Waals surface area contributed by atoms with Gasteiger partial charge < -0.3 is 0 Å². The van der Waals surface area contributed by atoms with Crippen molar-refractivity contribution >= 4 is 7.81 Å². The van der Waals surface area contributed by atoms with Gasteiger partial charge in [-0.3, -0.25) is 0 Å². The van der Waals surface area contributed by atoms with Crippen molar-refractivity contribution in [2.75, 3.05) is 0 Å². The Kier molecular flexibility index (Phi) is 22.4. The van der Waals surface area contributed by atoms with E-state index in [4.69, 9.17) is 14.0 Å². The van der Waals surface area contributed by atoms with E-state index in [0.29, 0.717) is 0 Å². The molecule has 0 bridgehead atoms. The summed E-state index contributed by atoms with van der Waals surface area (Å²) in [7, 11) is -10.7. The first-order valence-electron chi connectivity index (χ1n) is 4.78. The maximum Gasteiger partial charge on any atom is 0 e. The van der Waals surface area contributed by atoms with Crippen LogP contribution in [-0.4, -0.2) is 0 Å². The zero-order valence-corrected chi connectivity index (χ0v) is 12.8. The van der Waals surface area contributed by atoms with Crippen LogP contribution in [0.3, 0.4) is 0 Å². The number of hydrogen-bond acceptors (Lipinski definition) is 0. The van der Waals surface area contributed by atoms with E-state index in [0.717, 1.165) is 0 Å². The van der Waals surface area contributed by atoms with E-state index in [9.17, 15) is 25.2 Å². The molecule has 3 nitrogen and oxygen atoms in total. The van der Waals surface area contributed by atoms with Crippen LogP contribution in [-0.2, 0) is 31.0 Å². The van der Waals surface area contributed by atoms with Crippen molar-refractivity contribution in [2.24, 2.45) is 0 Å². The third kappa shape index (κ3) is 124. The minimum atomic E-state index is -10.7. The molecular formula is C11H11F6FeO3P. The summed E-state index contributed by atoms with van der Waals surface area (Å²) in [6.45, 7) is 13.5. The fourth-order valence-corrected chi connectivity index (χ4v) is 0.767. The molecule has 0 heterocycles. The van der Waals surface area contributed by atoms with E-state index < -0.39 is 7.81 Å². The number of rotatable bonds is 0. The van der Waals surface area contributed by atoms with Gasteiger partial charge in [0.25, 0.3) is 0 Å². The van der Waals surface area contributed by atoms with E-state index >= 15 is 0 Å². The minimum Gasteiger partial charge on any atom is 0 e. The second-order valence-corrected chi connectivity index (χ2v) is 4.85. The molecule has 0 saturated carbocycles. The Morgan fingerprint density at radius 1 is 0.818 bits per heavy atom. The Labute approximate surface area is 134 Å². The summed E-state index contributed by atoms with van der Waals surface area (Å²) >= 11 is 0. The van der Waals surface area contributed by atoms with Crippen LogP contribution < -0.4 is 0 Å². The molecule has 0 saturated heterocycles. The van der Waals surface area contributed by atoms with Crippen LogP contribution in [0.4, 0.5) is 25.2 Å². The minimum absolute atomic E-state index is 0. The number of allylic oxidation sites excluding steroid dienone is 4. The third-order valence-corrected chi connectivity index (χ3v) is 1.24. The van der Waals surface area contributed by atoms with E-state index in [1.165, 1.54) is 19.3 Å². The van der Waals surface area contributed by atoms with Crippen molar-refractivity contribution < 1.29 is 56.2 Å². The van der Waals surface area contributed by atoms with E-state index in [2.05, 4.69) is 50.7 Å². The largest absolute Gasteiger partial charge is 0 e. The molecule has 1 aliphatic carbocycles. The van der Waals surface area contributed by atoms with Crippen molar-refractivity contribution in [3.8, 4) is 0 Å². The predicted molar refractivity (Wildman–Crippen MR) is 61.8 cm³/mol. The zero-order valence-electron chi connectivity index (χ0n) is 10.8. The number of halogens is 6. The molecule has 1 aliphatic rings. The van der Waals surface area contributed by atoms with Gasteiger partial charge in [-0.2, -0.15) is 0 Å². The Balaban J connectivity index is -0.0000000635. The van der Waals surface area contributed by atoms with Crippen molar-refractivity contribution in [1.82, 2.24) is 0 Å². The molecule has 0 aromatic rings. The van der Waals surface area contributed by atoms with Gasteiger partial charge in [0.2, 0.25) is 0 Å². The average Bonchev–Trinajstić information content (AvgIpc) is 2.32. The molecule has 0 aliphatic heterocycles. The molecular weight excluding hydrogens is 381 g/mol. The summed E-state index contributed by atoms with van der Waals surface area (Å²) in [5.74, 6) is 0. The van der Waals surface area contributed by atoms with Crippen LogP contribution in [0.25, 0.3) is 0 Å². The van der Waals surface area contributed by atoms with Gasteiger partial charge in [0.15, 0.2) is 0 Å². The fraction of sp³-hybridized carbons (Fsp3) is 0.273. The molecule has 11 heteroatoms. The number of hydrogen-bond donors (Lipinski definition) is 0. The Morgan fingerprint density at radius 2 is 1.18 bits per heavy atom. The Morgan fingerprint density at radius 3 is 1.55 bits per heavy atom. The molecule has 1 rings (SSSR count). The van der Waals surface area contributed by atoms with Gasteiger partial charge in [-0.1, -0.05) is 6.08 Å². The molecule has 0 N–H and O–H groups in total. The fourth-order valence-electron chi connectivity index (χ4n) is 0.767. The smallest absolute Gasteiger partial charge is 0 e. The van der Waals surface area contributed by atoms with Crippen molar-refractivity contribution in [2.45, 2.75) is 19.3 Å². The van der Waals surface area contributed by atoms with Crippen LogP contribution in [0.5, 0.6) is 0 Å². The van der Waals surface area contributed by atoms with Gasteiger partial charge in [0.05, 0.1) is 12.2 Å². The van der Waals surface area contributed by atoms with Crippen LogP contribution in [0.2, 0.25) is 0 Å². The van der Waals surface area contributed by atoms with E-state index in [-0.39, 0.29) is 17.1 Å².